The fourth-order valence-corrected chi connectivity index (χ4v) is 2.27. The molecule has 1 heterocycles. The number of nitrogens with one attached hydrogen (secondary N) is 1. The highest BCUT2D eigenvalue weighted by Crippen LogP contribution is 2.16. The summed E-state index contributed by atoms with van der Waals surface area (Å²) in [6.45, 7) is 1.30. The highest BCUT2D eigenvalue weighted by atomic mass is 16.3. The summed E-state index contributed by atoms with van der Waals surface area (Å²) >= 11 is 0. The number of piperidine rings is 1. The van der Waals surface area contributed by atoms with E-state index in [2.05, 4.69) is 17.4 Å². The van der Waals surface area contributed by atoms with Gasteiger partial charge in [0.1, 0.15) is 0 Å². The van der Waals surface area contributed by atoms with Gasteiger partial charge in [-0.1, -0.05) is 30.7 Å². The van der Waals surface area contributed by atoms with Crippen LogP contribution < -0.4 is 5.32 Å². The smallest absolute Gasteiger partial charge is 0.0684 e. The molecule has 1 unspecified atom stereocenters. The van der Waals surface area contributed by atoms with Gasteiger partial charge in [-0.25, -0.2) is 0 Å². The minimum atomic E-state index is 0.156. The van der Waals surface area contributed by atoms with Gasteiger partial charge < -0.3 is 10.4 Å². The van der Waals surface area contributed by atoms with E-state index < -0.39 is 0 Å². The summed E-state index contributed by atoms with van der Waals surface area (Å²) in [4.78, 5) is 0. The molecule has 2 rings (SSSR count). The van der Waals surface area contributed by atoms with Gasteiger partial charge in [0.05, 0.1) is 6.61 Å². The molecule has 0 aliphatic carbocycles. The van der Waals surface area contributed by atoms with Gasteiger partial charge in [-0.15, -0.1) is 0 Å². The molecule has 2 heteroatoms. The molecule has 15 heavy (non-hydrogen) atoms. The van der Waals surface area contributed by atoms with Crippen LogP contribution in [0.25, 0.3) is 0 Å². The number of rotatable bonds is 3. The molecule has 1 aliphatic heterocycles. The van der Waals surface area contributed by atoms with Crippen LogP contribution >= 0.6 is 0 Å². The van der Waals surface area contributed by atoms with E-state index in [1.165, 1.54) is 24.8 Å². The average Bonchev–Trinajstić information content (AvgIpc) is 2.31. The molecule has 1 atom stereocenters. The molecule has 2 N–H and O–H groups in total. The maximum atomic E-state index is 9.23. The first-order valence-corrected chi connectivity index (χ1v) is 5.81. The van der Waals surface area contributed by atoms with Crippen molar-refractivity contribution in [1.29, 1.82) is 0 Å². The number of aliphatic hydroxyl groups excluding tert-OH is 1. The van der Waals surface area contributed by atoms with Crippen molar-refractivity contribution in [3.63, 3.8) is 0 Å². The molecule has 1 aromatic rings. The lowest BCUT2D eigenvalue weighted by molar-refractivity contribution is 0.279. The van der Waals surface area contributed by atoms with Crippen molar-refractivity contribution in [2.24, 2.45) is 0 Å². The third-order valence-electron chi connectivity index (χ3n) is 3.17. The predicted octanol–water partition coefficient (Wildman–Crippen LogP) is 1.86. The lowest BCUT2D eigenvalue weighted by Crippen LogP contribution is -2.35. The Balaban J connectivity index is 2.02. The van der Waals surface area contributed by atoms with E-state index >= 15 is 0 Å². The third-order valence-corrected chi connectivity index (χ3v) is 3.17. The Hall–Kier alpha value is -0.860. The van der Waals surface area contributed by atoms with Gasteiger partial charge in [0.2, 0.25) is 0 Å². The largest absolute Gasteiger partial charge is 0.392 e. The van der Waals surface area contributed by atoms with E-state index in [1.54, 1.807) is 0 Å². The highest BCUT2D eigenvalue weighted by Gasteiger charge is 2.14. The van der Waals surface area contributed by atoms with Crippen molar-refractivity contribution in [1.82, 2.24) is 5.32 Å². The summed E-state index contributed by atoms with van der Waals surface area (Å²) in [7, 11) is 0. The van der Waals surface area contributed by atoms with Crippen LogP contribution in [0.1, 0.15) is 30.4 Å². The molecule has 82 valence electrons. The fourth-order valence-electron chi connectivity index (χ4n) is 2.27. The van der Waals surface area contributed by atoms with Crippen molar-refractivity contribution in [3.05, 3.63) is 35.4 Å². The number of hydrogen-bond acceptors (Lipinski definition) is 2. The quantitative estimate of drug-likeness (QED) is 0.789. The minimum Gasteiger partial charge on any atom is -0.392 e. The first-order valence-electron chi connectivity index (χ1n) is 5.81. The van der Waals surface area contributed by atoms with Crippen LogP contribution in [-0.2, 0) is 13.0 Å². The molecule has 1 aromatic carbocycles. The summed E-state index contributed by atoms with van der Waals surface area (Å²) in [6, 6.07) is 8.78. The van der Waals surface area contributed by atoms with Gasteiger partial charge in [0.15, 0.2) is 0 Å². The third kappa shape index (κ3) is 2.80. The van der Waals surface area contributed by atoms with Crippen molar-refractivity contribution in [2.75, 3.05) is 6.54 Å². The SMILES string of the molecule is OCc1ccccc1CC1CCCCN1. The first-order chi connectivity index (χ1) is 7.40. The molecule has 1 saturated heterocycles. The van der Waals surface area contributed by atoms with Crippen LogP contribution in [-0.4, -0.2) is 17.7 Å². The molecular formula is C13H19NO. The molecule has 0 amide bonds. The molecule has 0 aromatic heterocycles. The van der Waals surface area contributed by atoms with Crippen LogP contribution in [0, 0.1) is 0 Å². The molecule has 0 radical (unpaired) electrons. The second kappa shape index (κ2) is 5.29. The van der Waals surface area contributed by atoms with Gasteiger partial charge in [-0.2, -0.15) is 0 Å². The van der Waals surface area contributed by atoms with E-state index in [4.69, 9.17) is 0 Å². The summed E-state index contributed by atoms with van der Waals surface area (Å²) in [6.07, 6.45) is 4.95. The Kier molecular flexibility index (Phi) is 3.75. The van der Waals surface area contributed by atoms with Crippen molar-refractivity contribution >= 4 is 0 Å². The summed E-state index contributed by atoms with van der Waals surface area (Å²) in [5, 5.41) is 12.8. The highest BCUT2D eigenvalue weighted by molar-refractivity contribution is 5.27. The van der Waals surface area contributed by atoms with Crippen LogP contribution in [0.5, 0.6) is 0 Å². The standard InChI is InChI=1S/C13H19NO/c15-10-12-6-2-1-5-11(12)9-13-7-3-4-8-14-13/h1-2,5-6,13-15H,3-4,7-10H2. The summed E-state index contributed by atoms with van der Waals surface area (Å²) < 4.78 is 0. The fraction of sp³-hybridized carbons (Fsp3) is 0.538. The van der Waals surface area contributed by atoms with E-state index in [-0.39, 0.29) is 6.61 Å². The van der Waals surface area contributed by atoms with E-state index in [1.807, 2.05) is 12.1 Å². The Bertz CT molecular complexity index is 305. The van der Waals surface area contributed by atoms with Crippen molar-refractivity contribution < 1.29 is 5.11 Å². The number of hydrogen-bond donors (Lipinski definition) is 2. The van der Waals surface area contributed by atoms with Gasteiger partial charge in [0.25, 0.3) is 0 Å². The number of aliphatic hydroxyl groups is 1. The lowest BCUT2D eigenvalue weighted by atomic mass is 9.95. The monoisotopic (exact) mass is 205 g/mol. The zero-order valence-electron chi connectivity index (χ0n) is 9.08. The van der Waals surface area contributed by atoms with E-state index in [9.17, 15) is 5.11 Å². The Morgan fingerprint density at radius 3 is 2.67 bits per heavy atom. The molecule has 0 bridgehead atoms. The van der Waals surface area contributed by atoms with Gasteiger partial charge >= 0.3 is 0 Å². The minimum absolute atomic E-state index is 0.156. The Morgan fingerprint density at radius 2 is 2.00 bits per heavy atom. The average molecular weight is 205 g/mol. The Labute approximate surface area is 91.3 Å². The Morgan fingerprint density at radius 1 is 1.20 bits per heavy atom. The maximum Gasteiger partial charge on any atom is 0.0684 e. The predicted molar refractivity (Wildman–Crippen MR) is 61.7 cm³/mol. The van der Waals surface area contributed by atoms with Crippen LogP contribution in [0.4, 0.5) is 0 Å². The lowest BCUT2D eigenvalue weighted by Gasteiger charge is -2.24. The van der Waals surface area contributed by atoms with Gasteiger partial charge in [-0.05, 0) is 36.9 Å². The van der Waals surface area contributed by atoms with Gasteiger partial charge in [0, 0.05) is 6.04 Å². The van der Waals surface area contributed by atoms with Crippen molar-refractivity contribution in [2.45, 2.75) is 38.3 Å². The molecule has 0 spiro atoms. The van der Waals surface area contributed by atoms with E-state index in [0.29, 0.717) is 6.04 Å². The van der Waals surface area contributed by atoms with Crippen LogP contribution in [0.2, 0.25) is 0 Å². The number of benzene rings is 1. The summed E-state index contributed by atoms with van der Waals surface area (Å²) in [5.41, 5.74) is 2.37. The molecule has 1 fully saturated rings. The normalized spacial score (nSPS) is 21.5. The first kappa shape index (κ1) is 10.7. The van der Waals surface area contributed by atoms with Crippen LogP contribution in [0.15, 0.2) is 24.3 Å². The second-order valence-electron chi connectivity index (χ2n) is 4.28. The maximum absolute atomic E-state index is 9.23. The summed E-state index contributed by atoms with van der Waals surface area (Å²) in [5.74, 6) is 0. The zero-order chi connectivity index (χ0) is 10.5. The van der Waals surface area contributed by atoms with E-state index in [0.717, 1.165) is 18.5 Å². The van der Waals surface area contributed by atoms with Crippen molar-refractivity contribution in [3.8, 4) is 0 Å². The molecule has 0 saturated carbocycles. The molecule has 1 aliphatic rings. The molecule has 2 nitrogen and oxygen atoms in total. The second-order valence-corrected chi connectivity index (χ2v) is 4.28. The van der Waals surface area contributed by atoms with Crippen LogP contribution in [0.3, 0.4) is 0 Å². The topological polar surface area (TPSA) is 32.3 Å². The zero-order valence-corrected chi connectivity index (χ0v) is 9.08. The van der Waals surface area contributed by atoms with Gasteiger partial charge in [-0.3, -0.25) is 0 Å². The molecular weight excluding hydrogens is 186 g/mol.